The zero-order valence-electron chi connectivity index (χ0n) is 9.25. The molecule has 1 fully saturated rings. The molecule has 0 aromatic carbocycles. The van der Waals surface area contributed by atoms with Crippen LogP contribution in [0.5, 0.6) is 0 Å². The predicted octanol–water partition coefficient (Wildman–Crippen LogP) is 2.49. The lowest BCUT2D eigenvalue weighted by atomic mass is 9.80. The Kier molecular flexibility index (Phi) is 6.17. The van der Waals surface area contributed by atoms with E-state index in [4.69, 9.17) is 5.11 Å². The average Bonchev–Trinajstić information content (AvgIpc) is 2.21. The van der Waals surface area contributed by atoms with Gasteiger partial charge >= 0.3 is 5.97 Å². The van der Waals surface area contributed by atoms with Crippen LogP contribution in [-0.4, -0.2) is 16.9 Å². The lowest BCUT2D eigenvalue weighted by Crippen LogP contribution is -2.25. The number of rotatable bonds is 2. The van der Waals surface area contributed by atoms with Crippen molar-refractivity contribution >= 4 is 11.8 Å². The normalized spacial score (nSPS) is 25.9. The van der Waals surface area contributed by atoms with Gasteiger partial charge in [0, 0.05) is 5.92 Å². The van der Waals surface area contributed by atoms with Crippen molar-refractivity contribution in [3.63, 3.8) is 0 Å². The highest BCUT2D eigenvalue weighted by molar-refractivity contribution is 5.79. The van der Waals surface area contributed by atoms with Crippen LogP contribution in [0.1, 0.15) is 46.5 Å². The minimum atomic E-state index is -0.749. The van der Waals surface area contributed by atoms with Crippen LogP contribution in [-0.2, 0) is 9.59 Å². The molecule has 1 rings (SSSR count). The first kappa shape index (κ1) is 13.1. The van der Waals surface area contributed by atoms with E-state index in [0.717, 1.165) is 19.3 Å². The predicted molar refractivity (Wildman–Crippen MR) is 55.1 cm³/mol. The van der Waals surface area contributed by atoms with Crippen LogP contribution in [0.3, 0.4) is 0 Å². The van der Waals surface area contributed by atoms with Crippen molar-refractivity contribution in [1.29, 1.82) is 0 Å². The van der Waals surface area contributed by atoms with E-state index in [1.165, 1.54) is 0 Å². The summed E-state index contributed by atoms with van der Waals surface area (Å²) in [4.78, 5) is 21.6. The third-order valence-corrected chi connectivity index (χ3v) is 2.60. The Morgan fingerprint density at radius 1 is 1.14 bits per heavy atom. The van der Waals surface area contributed by atoms with Crippen LogP contribution in [0.2, 0.25) is 0 Å². The maximum Gasteiger partial charge on any atom is 0.306 e. The monoisotopic (exact) mass is 200 g/mol. The number of carbonyl (C=O) groups is 2. The van der Waals surface area contributed by atoms with Crippen LogP contribution in [0.25, 0.3) is 0 Å². The Morgan fingerprint density at radius 3 is 2.07 bits per heavy atom. The standard InChI is InChI=1S/C9H14O3.C2H6/c1-6(10)7-3-2-4-8(5-7)9(11)12;1-2/h7-8H,2-5H2,1H3,(H,11,12);1-2H3. The highest BCUT2D eigenvalue weighted by Gasteiger charge is 2.28. The van der Waals surface area contributed by atoms with E-state index < -0.39 is 5.97 Å². The molecule has 2 unspecified atom stereocenters. The molecule has 1 saturated carbocycles. The summed E-state index contributed by atoms with van der Waals surface area (Å²) in [6.07, 6.45) is 3.03. The van der Waals surface area contributed by atoms with Crippen molar-refractivity contribution in [2.75, 3.05) is 0 Å². The first-order valence-electron chi connectivity index (χ1n) is 5.34. The van der Waals surface area contributed by atoms with Crippen molar-refractivity contribution in [1.82, 2.24) is 0 Å². The second-order valence-corrected chi connectivity index (χ2v) is 3.51. The fourth-order valence-electron chi connectivity index (χ4n) is 1.78. The van der Waals surface area contributed by atoms with Crippen molar-refractivity contribution in [3.05, 3.63) is 0 Å². The maximum absolute atomic E-state index is 11.0. The van der Waals surface area contributed by atoms with Crippen molar-refractivity contribution in [2.45, 2.75) is 46.5 Å². The Bertz CT molecular complexity index is 179. The van der Waals surface area contributed by atoms with Gasteiger partial charge < -0.3 is 5.11 Å². The fourth-order valence-corrected chi connectivity index (χ4v) is 1.78. The smallest absolute Gasteiger partial charge is 0.306 e. The van der Waals surface area contributed by atoms with Crippen LogP contribution >= 0.6 is 0 Å². The van der Waals surface area contributed by atoms with Gasteiger partial charge in [0.1, 0.15) is 5.78 Å². The van der Waals surface area contributed by atoms with Crippen molar-refractivity contribution < 1.29 is 14.7 Å². The second-order valence-electron chi connectivity index (χ2n) is 3.51. The lowest BCUT2D eigenvalue weighted by molar-refractivity contribution is -0.143. The minimum absolute atomic E-state index is 0.000139. The fraction of sp³-hybridized carbons (Fsp3) is 0.818. The van der Waals surface area contributed by atoms with E-state index >= 15 is 0 Å². The quantitative estimate of drug-likeness (QED) is 0.745. The molecule has 82 valence electrons. The molecule has 0 radical (unpaired) electrons. The minimum Gasteiger partial charge on any atom is -0.481 e. The van der Waals surface area contributed by atoms with Gasteiger partial charge in [-0.1, -0.05) is 20.3 Å². The molecule has 0 amide bonds. The number of hydrogen-bond donors (Lipinski definition) is 1. The topological polar surface area (TPSA) is 54.4 Å². The first-order valence-corrected chi connectivity index (χ1v) is 5.34. The summed E-state index contributed by atoms with van der Waals surface area (Å²) >= 11 is 0. The third kappa shape index (κ3) is 3.90. The number of carboxylic acid groups (broad SMARTS) is 1. The van der Waals surface area contributed by atoms with Gasteiger partial charge in [-0.05, 0) is 26.2 Å². The third-order valence-electron chi connectivity index (χ3n) is 2.60. The molecule has 0 heterocycles. The Morgan fingerprint density at radius 2 is 1.64 bits per heavy atom. The molecule has 0 aliphatic heterocycles. The molecule has 14 heavy (non-hydrogen) atoms. The molecule has 1 aliphatic rings. The summed E-state index contributed by atoms with van der Waals surface area (Å²) in [7, 11) is 0. The molecular formula is C11H20O3. The molecule has 1 aliphatic carbocycles. The van der Waals surface area contributed by atoms with E-state index in [2.05, 4.69) is 0 Å². The molecule has 0 aromatic heterocycles. The van der Waals surface area contributed by atoms with Gasteiger partial charge in [0.15, 0.2) is 0 Å². The van der Waals surface area contributed by atoms with Crippen LogP contribution in [0.4, 0.5) is 0 Å². The summed E-state index contributed by atoms with van der Waals surface area (Å²) in [6, 6.07) is 0. The Balaban J connectivity index is 0.000000791. The van der Waals surface area contributed by atoms with E-state index in [9.17, 15) is 9.59 Å². The van der Waals surface area contributed by atoms with E-state index in [1.54, 1.807) is 6.92 Å². The summed E-state index contributed by atoms with van der Waals surface area (Å²) < 4.78 is 0. The number of aliphatic carboxylic acids is 1. The van der Waals surface area contributed by atoms with Crippen molar-refractivity contribution in [3.8, 4) is 0 Å². The highest BCUT2D eigenvalue weighted by atomic mass is 16.4. The summed E-state index contributed by atoms with van der Waals surface area (Å²) in [5, 5.41) is 8.73. The molecule has 0 spiro atoms. The molecule has 3 nitrogen and oxygen atoms in total. The molecule has 3 heteroatoms. The van der Waals surface area contributed by atoms with E-state index in [1.807, 2.05) is 13.8 Å². The zero-order chi connectivity index (χ0) is 11.1. The number of Topliss-reactive ketones (excluding diaryl/α,β-unsaturated/α-hetero) is 1. The Labute approximate surface area is 85.5 Å². The summed E-state index contributed by atoms with van der Waals surface area (Å²) in [5.41, 5.74) is 0. The van der Waals surface area contributed by atoms with Gasteiger partial charge in [-0.15, -0.1) is 0 Å². The molecule has 0 bridgehead atoms. The summed E-state index contributed by atoms with van der Waals surface area (Å²) in [5.74, 6) is -0.894. The van der Waals surface area contributed by atoms with E-state index in [0.29, 0.717) is 6.42 Å². The van der Waals surface area contributed by atoms with E-state index in [-0.39, 0.29) is 17.6 Å². The van der Waals surface area contributed by atoms with Gasteiger partial charge in [0.05, 0.1) is 5.92 Å². The Hall–Kier alpha value is -0.860. The number of ketones is 1. The van der Waals surface area contributed by atoms with Crippen molar-refractivity contribution in [2.24, 2.45) is 11.8 Å². The van der Waals surface area contributed by atoms with Crippen LogP contribution < -0.4 is 0 Å². The van der Waals surface area contributed by atoms with Gasteiger partial charge in [0.25, 0.3) is 0 Å². The molecule has 0 aromatic rings. The summed E-state index contributed by atoms with van der Waals surface area (Å²) in [6.45, 7) is 5.55. The zero-order valence-corrected chi connectivity index (χ0v) is 9.25. The van der Waals surface area contributed by atoms with Gasteiger partial charge in [-0.2, -0.15) is 0 Å². The first-order chi connectivity index (χ1) is 6.61. The molecule has 2 atom stereocenters. The van der Waals surface area contributed by atoms with Crippen LogP contribution in [0.15, 0.2) is 0 Å². The SMILES string of the molecule is CC.CC(=O)C1CCCC(C(=O)O)C1. The average molecular weight is 200 g/mol. The second kappa shape index (κ2) is 6.57. The lowest BCUT2D eigenvalue weighted by Gasteiger charge is -2.24. The molecular weight excluding hydrogens is 180 g/mol. The van der Waals surface area contributed by atoms with Gasteiger partial charge in [-0.3, -0.25) is 9.59 Å². The number of carbonyl (C=O) groups excluding carboxylic acids is 1. The van der Waals surface area contributed by atoms with Crippen LogP contribution in [0, 0.1) is 11.8 Å². The largest absolute Gasteiger partial charge is 0.481 e. The maximum atomic E-state index is 11.0. The van der Waals surface area contributed by atoms with Gasteiger partial charge in [-0.25, -0.2) is 0 Å². The number of hydrogen-bond acceptors (Lipinski definition) is 2. The molecule has 1 N–H and O–H groups in total. The number of carboxylic acids is 1. The highest BCUT2D eigenvalue weighted by Crippen LogP contribution is 2.29. The molecule has 0 saturated heterocycles. The van der Waals surface area contributed by atoms with Gasteiger partial charge in [0.2, 0.25) is 0 Å².